The van der Waals surface area contributed by atoms with Gasteiger partial charge in [-0.2, -0.15) is 13.1 Å². The second-order valence-corrected chi connectivity index (χ2v) is 4.84. The molecule has 0 aromatic rings. The summed E-state index contributed by atoms with van der Waals surface area (Å²) < 4.78 is 26.7. The maximum Gasteiger partial charge on any atom is 0.276 e. The van der Waals surface area contributed by atoms with Gasteiger partial charge < -0.3 is 5.11 Å². The van der Waals surface area contributed by atoms with Gasteiger partial charge in [0.1, 0.15) is 0 Å². The lowest BCUT2D eigenvalue weighted by Gasteiger charge is -2.10. The molecule has 1 unspecified atom stereocenters. The molecule has 3 N–H and O–H groups in total. The summed E-state index contributed by atoms with van der Waals surface area (Å²) in [4.78, 5) is 0. The van der Waals surface area contributed by atoms with E-state index < -0.39 is 16.3 Å². The minimum absolute atomic E-state index is 0.111. The first-order chi connectivity index (χ1) is 6.05. The highest BCUT2D eigenvalue weighted by molar-refractivity contribution is 7.87. The molecular weight excluding hydrogens is 192 g/mol. The normalized spacial score (nSPS) is 20.2. The molecule has 1 rings (SSSR count). The average molecular weight is 208 g/mol. The standard InChI is InChI=1S/C7H16N2O3S/c1-2-8-13(11,12)9-5-7(10)6-3-4-6/h6-10H,2-5H2,1H3. The van der Waals surface area contributed by atoms with E-state index >= 15 is 0 Å². The average Bonchev–Trinajstić information content (AvgIpc) is 2.82. The van der Waals surface area contributed by atoms with E-state index in [2.05, 4.69) is 9.44 Å². The molecule has 13 heavy (non-hydrogen) atoms. The second kappa shape index (κ2) is 4.36. The monoisotopic (exact) mass is 208 g/mol. The first kappa shape index (κ1) is 10.9. The maximum atomic E-state index is 11.0. The highest BCUT2D eigenvalue weighted by Gasteiger charge is 2.30. The Morgan fingerprint density at radius 1 is 1.46 bits per heavy atom. The van der Waals surface area contributed by atoms with Crippen molar-refractivity contribution >= 4 is 10.2 Å². The second-order valence-electron chi connectivity index (χ2n) is 3.25. The van der Waals surface area contributed by atoms with Gasteiger partial charge >= 0.3 is 0 Å². The minimum atomic E-state index is -3.39. The Balaban J connectivity index is 2.23. The van der Waals surface area contributed by atoms with Crippen LogP contribution >= 0.6 is 0 Å². The minimum Gasteiger partial charge on any atom is -0.391 e. The molecule has 1 aliphatic carbocycles. The van der Waals surface area contributed by atoms with Crippen LogP contribution in [0.2, 0.25) is 0 Å². The van der Waals surface area contributed by atoms with Gasteiger partial charge in [-0.1, -0.05) is 6.92 Å². The fraction of sp³-hybridized carbons (Fsp3) is 1.00. The van der Waals surface area contributed by atoms with Crippen molar-refractivity contribution in [2.75, 3.05) is 13.1 Å². The van der Waals surface area contributed by atoms with Gasteiger partial charge in [-0.25, -0.2) is 4.72 Å². The lowest BCUT2D eigenvalue weighted by Crippen LogP contribution is -2.40. The Labute approximate surface area is 78.7 Å². The van der Waals surface area contributed by atoms with Gasteiger partial charge in [0, 0.05) is 13.1 Å². The van der Waals surface area contributed by atoms with Gasteiger partial charge in [-0.05, 0) is 18.8 Å². The highest BCUT2D eigenvalue weighted by atomic mass is 32.2. The molecule has 5 nitrogen and oxygen atoms in total. The molecule has 0 aromatic heterocycles. The van der Waals surface area contributed by atoms with Crippen LogP contribution in [0.4, 0.5) is 0 Å². The van der Waals surface area contributed by atoms with Crippen LogP contribution in [0, 0.1) is 5.92 Å². The molecule has 0 heterocycles. The zero-order valence-electron chi connectivity index (χ0n) is 7.66. The van der Waals surface area contributed by atoms with Crippen LogP contribution in [0.1, 0.15) is 19.8 Å². The SMILES string of the molecule is CCNS(=O)(=O)NCC(O)C1CC1. The molecule has 0 aromatic carbocycles. The van der Waals surface area contributed by atoms with Crippen molar-refractivity contribution < 1.29 is 13.5 Å². The molecule has 1 atom stereocenters. The van der Waals surface area contributed by atoms with Gasteiger partial charge in [0.25, 0.3) is 10.2 Å². The van der Waals surface area contributed by atoms with Crippen molar-refractivity contribution in [3.63, 3.8) is 0 Å². The Morgan fingerprint density at radius 3 is 2.54 bits per heavy atom. The van der Waals surface area contributed by atoms with Crippen LogP contribution in [0.5, 0.6) is 0 Å². The van der Waals surface area contributed by atoms with Crippen LogP contribution in [-0.2, 0) is 10.2 Å². The van der Waals surface area contributed by atoms with Crippen LogP contribution in [0.15, 0.2) is 0 Å². The summed E-state index contributed by atoms with van der Waals surface area (Å²) in [6.07, 6.45) is 1.47. The fourth-order valence-electron chi connectivity index (χ4n) is 1.08. The summed E-state index contributed by atoms with van der Waals surface area (Å²) in [5.74, 6) is 0.296. The molecule has 78 valence electrons. The summed E-state index contributed by atoms with van der Waals surface area (Å²) in [6, 6.07) is 0. The van der Waals surface area contributed by atoms with Crippen molar-refractivity contribution in [2.45, 2.75) is 25.9 Å². The van der Waals surface area contributed by atoms with E-state index in [4.69, 9.17) is 0 Å². The molecule has 1 aliphatic rings. The van der Waals surface area contributed by atoms with Crippen molar-refractivity contribution in [2.24, 2.45) is 5.92 Å². The lowest BCUT2D eigenvalue weighted by atomic mass is 10.2. The van der Waals surface area contributed by atoms with E-state index in [-0.39, 0.29) is 6.54 Å². The zero-order valence-corrected chi connectivity index (χ0v) is 8.47. The van der Waals surface area contributed by atoms with Crippen molar-refractivity contribution in [3.05, 3.63) is 0 Å². The summed E-state index contributed by atoms with van der Waals surface area (Å²) in [7, 11) is -3.39. The molecule has 0 bridgehead atoms. The Hall–Kier alpha value is -0.170. The highest BCUT2D eigenvalue weighted by Crippen LogP contribution is 2.32. The molecule has 1 fully saturated rings. The van der Waals surface area contributed by atoms with Crippen molar-refractivity contribution in [1.29, 1.82) is 0 Å². The van der Waals surface area contributed by atoms with Gasteiger partial charge in [0.15, 0.2) is 0 Å². The van der Waals surface area contributed by atoms with Gasteiger partial charge in [0.05, 0.1) is 6.10 Å². The van der Waals surface area contributed by atoms with Crippen LogP contribution in [0.3, 0.4) is 0 Å². The predicted molar refractivity (Wildman–Crippen MR) is 49.3 cm³/mol. The fourth-order valence-corrected chi connectivity index (χ4v) is 1.96. The van der Waals surface area contributed by atoms with E-state index in [0.717, 1.165) is 12.8 Å². The molecule has 6 heteroatoms. The van der Waals surface area contributed by atoms with Crippen LogP contribution in [0.25, 0.3) is 0 Å². The molecule has 1 saturated carbocycles. The maximum absolute atomic E-state index is 11.0. The number of hydrogen-bond donors (Lipinski definition) is 3. The summed E-state index contributed by atoms with van der Waals surface area (Å²) in [5, 5.41) is 9.37. The van der Waals surface area contributed by atoms with E-state index in [1.807, 2.05) is 0 Å². The third-order valence-electron chi connectivity index (χ3n) is 1.98. The largest absolute Gasteiger partial charge is 0.391 e. The van der Waals surface area contributed by atoms with Crippen LogP contribution in [-0.4, -0.2) is 32.7 Å². The van der Waals surface area contributed by atoms with Crippen molar-refractivity contribution in [1.82, 2.24) is 9.44 Å². The van der Waals surface area contributed by atoms with E-state index in [1.165, 1.54) is 0 Å². The van der Waals surface area contributed by atoms with Crippen LogP contribution < -0.4 is 9.44 Å². The van der Waals surface area contributed by atoms with E-state index in [1.54, 1.807) is 6.92 Å². The van der Waals surface area contributed by atoms with Crippen molar-refractivity contribution in [3.8, 4) is 0 Å². The summed E-state index contributed by atoms with van der Waals surface area (Å²) >= 11 is 0. The molecule has 0 saturated heterocycles. The predicted octanol–water partition coefficient (Wildman–Crippen LogP) is -0.799. The van der Waals surface area contributed by atoms with Gasteiger partial charge in [-0.15, -0.1) is 0 Å². The summed E-state index contributed by atoms with van der Waals surface area (Å²) in [5.41, 5.74) is 0. The number of aliphatic hydroxyl groups is 1. The number of hydrogen-bond acceptors (Lipinski definition) is 3. The third kappa shape index (κ3) is 4.04. The smallest absolute Gasteiger partial charge is 0.276 e. The van der Waals surface area contributed by atoms with E-state index in [0.29, 0.717) is 12.5 Å². The zero-order chi connectivity index (χ0) is 9.90. The number of nitrogens with one attached hydrogen (secondary N) is 2. The lowest BCUT2D eigenvalue weighted by molar-refractivity contribution is 0.155. The molecule has 0 amide bonds. The van der Waals surface area contributed by atoms with E-state index in [9.17, 15) is 13.5 Å². The first-order valence-electron chi connectivity index (χ1n) is 4.47. The third-order valence-corrected chi connectivity index (χ3v) is 3.20. The Bertz CT molecular complexity index is 248. The topological polar surface area (TPSA) is 78.4 Å². The number of rotatable bonds is 6. The Morgan fingerprint density at radius 2 is 2.08 bits per heavy atom. The first-order valence-corrected chi connectivity index (χ1v) is 5.96. The van der Waals surface area contributed by atoms with Gasteiger partial charge in [0.2, 0.25) is 0 Å². The van der Waals surface area contributed by atoms with Gasteiger partial charge in [-0.3, -0.25) is 0 Å². The molecule has 0 spiro atoms. The quantitative estimate of drug-likeness (QED) is 0.535. The summed E-state index contributed by atoms with van der Waals surface area (Å²) in [6.45, 7) is 2.17. The molecule has 0 aliphatic heterocycles. The number of aliphatic hydroxyl groups excluding tert-OH is 1. The molecular formula is C7H16N2O3S. The molecule has 0 radical (unpaired) electrons. The Kier molecular flexibility index (Phi) is 3.66.